The van der Waals surface area contributed by atoms with E-state index in [9.17, 15) is 9.59 Å². The van der Waals surface area contributed by atoms with Crippen LogP contribution in [0.4, 0.5) is 0 Å². The van der Waals surface area contributed by atoms with Crippen molar-refractivity contribution in [1.82, 2.24) is 4.57 Å². The Balaban J connectivity index is 1.98. The molecule has 4 heteroatoms. The minimum atomic E-state index is -0.174. The van der Waals surface area contributed by atoms with Gasteiger partial charge in [0.25, 0.3) is 0 Å². The number of hydrogen-bond donors (Lipinski definition) is 0. The molecule has 3 aromatic carbocycles. The fourth-order valence-corrected chi connectivity index (χ4v) is 4.25. The van der Waals surface area contributed by atoms with E-state index in [4.69, 9.17) is 0 Å². The number of aromatic nitrogens is 1. The van der Waals surface area contributed by atoms with Gasteiger partial charge in [-0.1, -0.05) is 42.5 Å². The third-order valence-corrected chi connectivity index (χ3v) is 5.27. The molecule has 4 aromatic rings. The molecule has 0 fully saturated rings. The molecule has 0 N–H and O–H groups in total. The first-order valence-electron chi connectivity index (χ1n) is 7.64. The Labute approximate surface area is 141 Å². The summed E-state index contributed by atoms with van der Waals surface area (Å²) in [4.78, 5) is 24.5. The van der Waals surface area contributed by atoms with Crippen molar-refractivity contribution in [1.29, 1.82) is 0 Å². The van der Waals surface area contributed by atoms with Gasteiger partial charge >= 0.3 is 0 Å². The van der Waals surface area contributed by atoms with E-state index >= 15 is 0 Å². The van der Waals surface area contributed by atoms with Crippen LogP contribution >= 0.6 is 11.8 Å². The highest BCUT2D eigenvalue weighted by atomic mass is 32.2. The predicted octanol–water partition coefficient (Wildman–Crippen LogP) is 4.81. The smallest absolute Gasteiger partial charge is 0.230 e. The Morgan fingerprint density at radius 3 is 1.96 bits per heavy atom. The first kappa shape index (κ1) is 13.6. The van der Waals surface area contributed by atoms with Gasteiger partial charge in [0.05, 0.1) is 22.3 Å². The second-order valence-corrected chi connectivity index (χ2v) is 6.69. The molecule has 1 aliphatic rings. The summed E-state index contributed by atoms with van der Waals surface area (Å²) in [6, 6.07) is 21.7. The lowest BCUT2D eigenvalue weighted by atomic mass is 10.1. The SMILES string of the molecule is O=C1SC(=O)c2c1cccc2-n1c2ccccc2c2ccccc21. The van der Waals surface area contributed by atoms with Gasteiger partial charge in [-0.3, -0.25) is 9.59 Å². The van der Waals surface area contributed by atoms with Crippen LogP contribution in [0.1, 0.15) is 20.7 Å². The number of hydrogen-bond acceptors (Lipinski definition) is 3. The Bertz CT molecular complexity index is 1120. The van der Waals surface area contributed by atoms with E-state index < -0.39 is 0 Å². The van der Waals surface area contributed by atoms with E-state index in [2.05, 4.69) is 16.7 Å². The zero-order valence-electron chi connectivity index (χ0n) is 12.5. The second kappa shape index (κ2) is 4.82. The quantitative estimate of drug-likeness (QED) is 0.503. The molecule has 1 aromatic heterocycles. The van der Waals surface area contributed by atoms with Crippen LogP contribution in [-0.4, -0.2) is 14.8 Å². The monoisotopic (exact) mass is 329 g/mol. The van der Waals surface area contributed by atoms with Crippen molar-refractivity contribution in [3.8, 4) is 5.69 Å². The first-order valence-corrected chi connectivity index (χ1v) is 8.45. The number of nitrogens with zero attached hydrogens (tertiary/aromatic N) is 1. The fourth-order valence-electron chi connectivity index (χ4n) is 3.48. The van der Waals surface area contributed by atoms with Crippen LogP contribution in [0, 0.1) is 0 Å². The Hall–Kier alpha value is -2.85. The van der Waals surface area contributed by atoms with Gasteiger partial charge < -0.3 is 4.57 Å². The highest BCUT2D eigenvalue weighted by Crippen LogP contribution is 2.38. The lowest BCUT2D eigenvalue weighted by Crippen LogP contribution is -2.02. The van der Waals surface area contributed by atoms with Gasteiger partial charge in [-0.15, -0.1) is 0 Å². The van der Waals surface area contributed by atoms with Gasteiger partial charge in [0.1, 0.15) is 0 Å². The van der Waals surface area contributed by atoms with Gasteiger partial charge in [-0.05, 0) is 36.0 Å². The van der Waals surface area contributed by atoms with Crippen molar-refractivity contribution in [3.63, 3.8) is 0 Å². The molecule has 0 aliphatic carbocycles. The maximum atomic E-state index is 12.4. The number of rotatable bonds is 1. The Kier molecular flexibility index (Phi) is 2.73. The van der Waals surface area contributed by atoms with Crippen LogP contribution < -0.4 is 0 Å². The zero-order chi connectivity index (χ0) is 16.3. The fraction of sp³-hybridized carbons (Fsp3) is 0. The van der Waals surface area contributed by atoms with E-state index in [1.807, 2.05) is 48.5 Å². The van der Waals surface area contributed by atoms with Crippen LogP contribution in [0.5, 0.6) is 0 Å². The molecular weight excluding hydrogens is 318 g/mol. The van der Waals surface area contributed by atoms with Gasteiger partial charge in [0, 0.05) is 16.3 Å². The van der Waals surface area contributed by atoms with Gasteiger partial charge in [0.15, 0.2) is 0 Å². The largest absolute Gasteiger partial charge is 0.308 e. The van der Waals surface area contributed by atoms with E-state index in [1.165, 1.54) is 0 Å². The minimum Gasteiger partial charge on any atom is -0.308 e. The molecule has 5 rings (SSSR count). The molecule has 0 atom stereocenters. The summed E-state index contributed by atoms with van der Waals surface area (Å²) in [5.41, 5.74) is 3.85. The summed E-state index contributed by atoms with van der Waals surface area (Å²) >= 11 is 0.780. The van der Waals surface area contributed by atoms with E-state index in [0.717, 1.165) is 39.3 Å². The molecule has 0 radical (unpaired) electrons. The van der Waals surface area contributed by atoms with E-state index in [1.54, 1.807) is 6.07 Å². The van der Waals surface area contributed by atoms with Gasteiger partial charge in [-0.25, -0.2) is 0 Å². The third-order valence-electron chi connectivity index (χ3n) is 4.47. The normalized spacial score (nSPS) is 13.8. The molecule has 24 heavy (non-hydrogen) atoms. The molecule has 0 saturated carbocycles. The summed E-state index contributed by atoms with van der Waals surface area (Å²) in [5.74, 6) is 0. The summed E-state index contributed by atoms with van der Waals surface area (Å²) in [6.45, 7) is 0. The molecule has 0 amide bonds. The Morgan fingerprint density at radius 2 is 1.29 bits per heavy atom. The number of carbonyl (C=O) groups is 2. The minimum absolute atomic E-state index is 0.169. The molecular formula is C20H11NO2S. The van der Waals surface area contributed by atoms with Crippen LogP contribution in [0.25, 0.3) is 27.5 Å². The molecule has 0 saturated heterocycles. The summed E-state index contributed by atoms with van der Waals surface area (Å²) in [7, 11) is 0. The van der Waals surface area contributed by atoms with Crippen molar-refractivity contribution in [2.45, 2.75) is 0 Å². The van der Waals surface area contributed by atoms with Gasteiger partial charge in [-0.2, -0.15) is 0 Å². The second-order valence-electron chi connectivity index (χ2n) is 5.75. The molecule has 114 valence electrons. The molecule has 1 aliphatic heterocycles. The Morgan fingerprint density at radius 1 is 0.667 bits per heavy atom. The van der Waals surface area contributed by atoms with Crippen molar-refractivity contribution in [2.24, 2.45) is 0 Å². The maximum Gasteiger partial charge on any atom is 0.230 e. The molecule has 0 spiro atoms. The van der Waals surface area contributed by atoms with Crippen molar-refractivity contribution in [3.05, 3.63) is 77.9 Å². The van der Waals surface area contributed by atoms with Crippen LogP contribution in [-0.2, 0) is 0 Å². The van der Waals surface area contributed by atoms with Gasteiger partial charge in [0.2, 0.25) is 10.2 Å². The average molecular weight is 329 g/mol. The summed E-state index contributed by atoms with van der Waals surface area (Å²) in [5, 5.41) is 1.93. The van der Waals surface area contributed by atoms with Crippen LogP contribution in [0.3, 0.4) is 0 Å². The zero-order valence-corrected chi connectivity index (χ0v) is 13.3. The topological polar surface area (TPSA) is 39.1 Å². The molecule has 2 heterocycles. The maximum absolute atomic E-state index is 12.4. The number of benzene rings is 3. The summed E-state index contributed by atoms with van der Waals surface area (Å²) in [6.07, 6.45) is 0. The van der Waals surface area contributed by atoms with Crippen molar-refractivity contribution >= 4 is 43.8 Å². The number of para-hydroxylation sites is 2. The van der Waals surface area contributed by atoms with Crippen LogP contribution in [0.15, 0.2) is 66.7 Å². The first-order chi connectivity index (χ1) is 11.8. The standard InChI is InChI=1S/C20H11NO2S/c22-19-14-8-5-11-17(18(14)20(23)24-19)21-15-9-3-1-6-12(15)13-7-2-4-10-16(13)21/h1-11H. The van der Waals surface area contributed by atoms with E-state index in [-0.39, 0.29) is 10.2 Å². The third kappa shape index (κ3) is 1.69. The molecule has 3 nitrogen and oxygen atoms in total. The summed E-state index contributed by atoms with van der Waals surface area (Å²) < 4.78 is 2.08. The van der Waals surface area contributed by atoms with Crippen molar-refractivity contribution in [2.75, 3.05) is 0 Å². The number of thioether (sulfide) groups is 1. The molecule has 0 bridgehead atoms. The lowest BCUT2D eigenvalue weighted by Gasteiger charge is -2.11. The molecule has 0 unspecified atom stereocenters. The lowest BCUT2D eigenvalue weighted by molar-refractivity contribution is 0.108. The average Bonchev–Trinajstić information content (AvgIpc) is 3.10. The predicted molar refractivity (Wildman–Crippen MR) is 97.0 cm³/mol. The highest BCUT2D eigenvalue weighted by Gasteiger charge is 2.32. The number of carbonyl (C=O) groups excluding carboxylic acids is 2. The number of fused-ring (bicyclic) bond motifs is 4. The van der Waals surface area contributed by atoms with Crippen molar-refractivity contribution < 1.29 is 9.59 Å². The van der Waals surface area contributed by atoms with E-state index in [0.29, 0.717) is 11.1 Å². The highest BCUT2D eigenvalue weighted by molar-refractivity contribution is 8.27. The van der Waals surface area contributed by atoms with Crippen LogP contribution in [0.2, 0.25) is 0 Å².